The highest BCUT2D eigenvalue weighted by Gasteiger charge is 2.46. The minimum atomic E-state index is -0.145. The topological polar surface area (TPSA) is 24.5 Å². The first kappa shape index (κ1) is 17.3. The summed E-state index contributed by atoms with van der Waals surface area (Å²) in [6.45, 7) is 10.2. The lowest BCUT2D eigenvalue weighted by Crippen LogP contribution is -2.43. The Labute approximate surface area is 155 Å². The van der Waals surface area contributed by atoms with Crippen LogP contribution in [0.15, 0.2) is 42.5 Å². The highest BCUT2D eigenvalue weighted by atomic mass is 19.1. The van der Waals surface area contributed by atoms with Gasteiger partial charge in [-0.1, -0.05) is 58.0 Å². The van der Waals surface area contributed by atoms with Crippen LogP contribution >= 0.6 is 0 Å². The summed E-state index contributed by atoms with van der Waals surface area (Å²) in [7, 11) is 0. The zero-order valence-corrected chi connectivity index (χ0v) is 15.9. The average molecular weight is 354 g/mol. The van der Waals surface area contributed by atoms with Crippen molar-refractivity contribution in [1.29, 1.82) is 0 Å². The number of benzene rings is 2. The number of fused-ring (bicyclic) bond motifs is 2. The molecular formula is C22H27FN2O. The van der Waals surface area contributed by atoms with Crippen LogP contribution in [-0.2, 0) is 5.41 Å². The highest BCUT2D eigenvalue weighted by Crippen LogP contribution is 2.50. The van der Waals surface area contributed by atoms with Crippen molar-refractivity contribution >= 4 is 5.69 Å². The Bertz CT molecular complexity index is 818. The lowest BCUT2D eigenvalue weighted by Gasteiger charge is -2.32. The van der Waals surface area contributed by atoms with E-state index in [1.807, 2.05) is 24.3 Å². The van der Waals surface area contributed by atoms with Gasteiger partial charge >= 0.3 is 0 Å². The first-order valence-corrected chi connectivity index (χ1v) is 9.43. The van der Waals surface area contributed by atoms with E-state index in [0.717, 1.165) is 35.7 Å². The Hall–Kier alpha value is -2.07. The molecule has 0 saturated heterocycles. The van der Waals surface area contributed by atoms with E-state index in [2.05, 4.69) is 50.0 Å². The standard InChI is InChI=1S/C22H27FN2O/c1-14(2)24-12-19-20(15-8-5-6-11-18(15)26-19)25-13-22(3,4)16-9-7-10-17(23)21(16)25/h5-11,14,19-20,24H,12-13H2,1-4H3/t19-,20+/m0/s1. The number of nitrogens with one attached hydrogen (secondary N) is 1. The van der Waals surface area contributed by atoms with Crippen molar-refractivity contribution in [2.75, 3.05) is 18.0 Å². The second-order valence-corrected chi connectivity index (χ2v) is 8.35. The molecule has 0 radical (unpaired) electrons. The smallest absolute Gasteiger partial charge is 0.146 e. The van der Waals surface area contributed by atoms with Gasteiger partial charge in [-0.25, -0.2) is 4.39 Å². The second kappa shape index (κ2) is 6.27. The van der Waals surface area contributed by atoms with Gasteiger partial charge in [-0.15, -0.1) is 0 Å². The summed E-state index contributed by atoms with van der Waals surface area (Å²) in [4.78, 5) is 2.23. The van der Waals surface area contributed by atoms with Crippen molar-refractivity contribution in [2.45, 2.75) is 51.3 Å². The molecule has 3 nitrogen and oxygen atoms in total. The molecule has 0 unspecified atom stereocenters. The maximum absolute atomic E-state index is 14.9. The van der Waals surface area contributed by atoms with Crippen LogP contribution in [-0.4, -0.2) is 25.2 Å². The molecule has 0 aromatic heterocycles. The number of hydrogen-bond donors (Lipinski definition) is 1. The Morgan fingerprint density at radius 1 is 1.19 bits per heavy atom. The van der Waals surface area contributed by atoms with Crippen molar-refractivity contribution in [2.24, 2.45) is 0 Å². The normalized spacial score (nSPS) is 23.1. The summed E-state index contributed by atoms with van der Waals surface area (Å²) in [6.07, 6.45) is -0.0452. The molecule has 2 aromatic rings. The minimum absolute atomic E-state index is 0.00914. The van der Waals surface area contributed by atoms with Crippen LogP contribution in [0, 0.1) is 5.82 Å². The summed E-state index contributed by atoms with van der Waals surface area (Å²) in [5.41, 5.74) is 2.87. The Morgan fingerprint density at radius 2 is 1.96 bits per heavy atom. The van der Waals surface area contributed by atoms with Crippen LogP contribution in [0.5, 0.6) is 5.75 Å². The SMILES string of the molecule is CC(C)NC[C@@H]1Oc2ccccc2[C@H]1N1CC(C)(C)c2cccc(F)c21. The van der Waals surface area contributed by atoms with Crippen molar-refractivity contribution < 1.29 is 9.13 Å². The highest BCUT2D eigenvalue weighted by molar-refractivity contribution is 5.65. The molecular weight excluding hydrogens is 327 g/mol. The first-order chi connectivity index (χ1) is 12.4. The molecule has 2 aliphatic heterocycles. The van der Waals surface area contributed by atoms with Crippen LogP contribution in [0.4, 0.5) is 10.1 Å². The minimum Gasteiger partial charge on any atom is -0.486 e. The van der Waals surface area contributed by atoms with E-state index in [1.54, 1.807) is 6.07 Å². The average Bonchev–Trinajstić information content (AvgIpc) is 3.08. The molecule has 0 saturated carbocycles. The lowest BCUT2D eigenvalue weighted by molar-refractivity contribution is 0.193. The van der Waals surface area contributed by atoms with Crippen molar-refractivity contribution in [3.05, 3.63) is 59.4 Å². The molecule has 4 rings (SSSR count). The van der Waals surface area contributed by atoms with Gasteiger partial charge in [-0.05, 0) is 17.7 Å². The molecule has 1 N–H and O–H groups in total. The van der Waals surface area contributed by atoms with Gasteiger partial charge in [0.1, 0.15) is 17.7 Å². The summed E-state index contributed by atoms with van der Waals surface area (Å²) in [6, 6.07) is 14.0. The quantitative estimate of drug-likeness (QED) is 0.879. The van der Waals surface area contributed by atoms with Gasteiger partial charge < -0.3 is 15.0 Å². The van der Waals surface area contributed by atoms with E-state index < -0.39 is 0 Å². The molecule has 2 atom stereocenters. The van der Waals surface area contributed by atoms with Gasteiger partial charge in [0.2, 0.25) is 0 Å². The molecule has 2 heterocycles. The molecule has 0 fully saturated rings. The summed E-state index contributed by atoms with van der Waals surface area (Å²) in [5, 5.41) is 3.49. The van der Waals surface area contributed by atoms with Crippen LogP contribution < -0.4 is 15.0 Å². The van der Waals surface area contributed by atoms with E-state index in [4.69, 9.17) is 4.74 Å². The molecule has 2 aliphatic rings. The van der Waals surface area contributed by atoms with Gasteiger partial charge in [-0.3, -0.25) is 0 Å². The predicted octanol–water partition coefficient (Wildman–Crippen LogP) is 4.42. The van der Waals surface area contributed by atoms with E-state index in [1.165, 1.54) is 0 Å². The van der Waals surface area contributed by atoms with Gasteiger partial charge in [0.05, 0.1) is 11.7 Å². The Balaban J connectivity index is 1.77. The molecule has 0 amide bonds. The Morgan fingerprint density at radius 3 is 2.73 bits per heavy atom. The van der Waals surface area contributed by atoms with Gasteiger partial charge in [0, 0.05) is 30.1 Å². The zero-order valence-electron chi connectivity index (χ0n) is 15.9. The van der Waals surface area contributed by atoms with E-state index in [0.29, 0.717) is 6.04 Å². The third kappa shape index (κ3) is 2.77. The molecule has 0 aliphatic carbocycles. The maximum Gasteiger partial charge on any atom is 0.146 e. The fourth-order valence-electron chi connectivity index (χ4n) is 4.31. The Kier molecular flexibility index (Phi) is 4.19. The second-order valence-electron chi connectivity index (χ2n) is 8.35. The van der Waals surface area contributed by atoms with Crippen LogP contribution in [0.1, 0.15) is 44.9 Å². The largest absolute Gasteiger partial charge is 0.486 e. The summed E-state index contributed by atoms with van der Waals surface area (Å²) in [5.74, 6) is 0.767. The van der Waals surface area contributed by atoms with Gasteiger partial charge in [0.25, 0.3) is 0 Å². The molecule has 26 heavy (non-hydrogen) atoms. The van der Waals surface area contributed by atoms with Crippen LogP contribution in [0.2, 0.25) is 0 Å². The van der Waals surface area contributed by atoms with Crippen LogP contribution in [0.25, 0.3) is 0 Å². The third-order valence-corrected chi connectivity index (χ3v) is 5.50. The fraction of sp³-hybridized carbons (Fsp3) is 0.455. The van der Waals surface area contributed by atoms with E-state index >= 15 is 0 Å². The van der Waals surface area contributed by atoms with Crippen LogP contribution in [0.3, 0.4) is 0 Å². The van der Waals surface area contributed by atoms with E-state index in [-0.39, 0.29) is 23.4 Å². The predicted molar refractivity (Wildman–Crippen MR) is 104 cm³/mol. The number of ether oxygens (including phenoxy) is 1. The molecule has 2 aromatic carbocycles. The summed E-state index contributed by atoms with van der Waals surface area (Å²) >= 11 is 0. The van der Waals surface area contributed by atoms with Gasteiger partial charge in [-0.2, -0.15) is 0 Å². The summed E-state index contributed by atoms with van der Waals surface area (Å²) < 4.78 is 21.1. The third-order valence-electron chi connectivity index (χ3n) is 5.50. The van der Waals surface area contributed by atoms with Crippen molar-refractivity contribution in [1.82, 2.24) is 5.32 Å². The van der Waals surface area contributed by atoms with E-state index in [9.17, 15) is 4.39 Å². The molecule has 0 bridgehead atoms. The molecule has 138 valence electrons. The fourth-order valence-corrected chi connectivity index (χ4v) is 4.31. The molecule has 4 heteroatoms. The first-order valence-electron chi connectivity index (χ1n) is 9.43. The number of para-hydroxylation sites is 2. The number of rotatable bonds is 4. The van der Waals surface area contributed by atoms with Crippen molar-refractivity contribution in [3.63, 3.8) is 0 Å². The number of halogens is 1. The zero-order chi connectivity index (χ0) is 18.5. The maximum atomic E-state index is 14.9. The number of hydrogen-bond acceptors (Lipinski definition) is 3. The monoisotopic (exact) mass is 354 g/mol. The van der Waals surface area contributed by atoms with Gasteiger partial charge in [0.15, 0.2) is 0 Å². The number of anilines is 1. The lowest BCUT2D eigenvalue weighted by atomic mass is 9.87. The van der Waals surface area contributed by atoms with Crippen molar-refractivity contribution in [3.8, 4) is 5.75 Å². The number of nitrogens with zero attached hydrogens (tertiary/aromatic N) is 1. The molecule has 0 spiro atoms.